The standard InChI is InChI=1S/C19H18N4O3/c1-25-18-7-4-13(11-22-23-19(20)24)9-15(18)12-26-16-6-5-14-3-2-8-21-17(14)10-16/h2-11H,12H2,1H3,(H3,20,23,24). The number of urea groups is 1. The predicted octanol–water partition coefficient (Wildman–Crippen LogP) is 2.82. The fourth-order valence-electron chi connectivity index (χ4n) is 2.46. The van der Waals surface area contributed by atoms with Crippen LogP contribution in [0.2, 0.25) is 0 Å². The fourth-order valence-corrected chi connectivity index (χ4v) is 2.46. The minimum atomic E-state index is -0.719. The number of carbonyl (C=O) groups excluding carboxylic acids is 1. The quantitative estimate of drug-likeness (QED) is 0.527. The second-order valence-corrected chi connectivity index (χ2v) is 5.45. The molecule has 0 aliphatic carbocycles. The van der Waals surface area contributed by atoms with Crippen LogP contribution < -0.4 is 20.6 Å². The Hall–Kier alpha value is -3.61. The molecule has 0 aliphatic heterocycles. The highest BCUT2D eigenvalue weighted by Gasteiger charge is 2.06. The molecule has 0 radical (unpaired) electrons. The molecule has 0 atom stereocenters. The van der Waals surface area contributed by atoms with E-state index in [2.05, 4.69) is 15.5 Å². The first-order chi connectivity index (χ1) is 12.7. The highest BCUT2D eigenvalue weighted by Crippen LogP contribution is 2.23. The first-order valence-corrected chi connectivity index (χ1v) is 7.89. The number of ether oxygens (including phenoxy) is 2. The number of hydrazone groups is 1. The summed E-state index contributed by atoms with van der Waals surface area (Å²) in [6, 6.07) is 14.4. The van der Waals surface area contributed by atoms with Crippen molar-refractivity contribution in [2.75, 3.05) is 7.11 Å². The lowest BCUT2D eigenvalue weighted by molar-refractivity contribution is 0.249. The lowest BCUT2D eigenvalue weighted by atomic mass is 10.1. The van der Waals surface area contributed by atoms with E-state index in [0.29, 0.717) is 18.1 Å². The van der Waals surface area contributed by atoms with E-state index in [1.165, 1.54) is 6.21 Å². The van der Waals surface area contributed by atoms with E-state index >= 15 is 0 Å². The number of rotatable bonds is 6. The number of pyridine rings is 1. The summed E-state index contributed by atoms with van der Waals surface area (Å²) in [4.78, 5) is 15.0. The first kappa shape index (κ1) is 17.2. The third-order valence-electron chi connectivity index (χ3n) is 3.66. The molecule has 0 saturated carbocycles. The van der Waals surface area contributed by atoms with Crippen LogP contribution >= 0.6 is 0 Å². The Balaban J connectivity index is 1.76. The summed E-state index contributed by atoms with van der Waals surface area (Å²) in [7, 11) is 1.60. The SMILES string of the molecule is COc1ccc(C=NNC(N)=O)cc1COc1ccc2cccnc2c1. The Morgan fingerprint density at radius 3 is 2.96 bits per heavy atom. The number of nitrogens with zero attached hydrogens (tertiary/aromatic N) is 2. The van der Waals surface area contributed by atoms with Gasteiger partial charge in [0.15, 0.2) is 0 Å². The normalized spacial score (nSPS) is 10.8. The number of nitrogens with one attached hydrogen (secondary N) is 1. The zero-order valence-electron chi connectivity index (χ0n) is 14.2. The van der Waals surface area contributed by atoms with Gasteiger partial charge in [0, 0.05) is 23.2 Å². The molecule has 0 spiro atoms. The van der Waals surface area contributed by atoms with Crippen molar-refractivity contribution in [3.05, 3.63) is 65.9 Å². The number of fused-ring (bicyclic) bond motifs is 1. The molecule has 0 saturated heterocycles. The molecule has 0 fully saturated rings. The Morgan fingerprint density at radius 1 is 1.27 bits per heavy atom. The minimum Gasteiger partial charge on any atom is -0.496 e. The number of hydrogen-bond donors (Lipinski definition) is 2. The molecule has 3 aromatic rings. The van der Waals surface area contributed by atoms with Gasteiger partial charge in [-0.1, -0.05) is 6.07 Å². The molecular weight excluding hydrogens is 332 g/mol. The van der Waals surface area contributed by atoms with E-state index < -0.39 is 6.03 Å². The van der Waals surface area contributed by atoms with Crippen LogP contribution in [0.5, 0.6) is 11.5 Å². The molecule has 7 nitrogen and oxygen atoms in total. The summed E-state index contributed by atoms with van der Waals surface area (Å²) in [5.74, 6) is 1.41. The van der Waals surface area contributed by atoms with Crippen molar-refractivity contribution in [1.82, 2.24) is 10.4 Å². The van der Waals surface area contributed by atoms with Crippen molar-refractivity contribution >= 4 is 23.1 Å². The van der Waals surface area contributed by atoms with E-state index in [4.69, 9.17) is 15.2 Å². The smallest absolute Gasteiger partial charge is 0.332 e. The third-order valence-corrected chi connectivity index (χ3v) is 3.66. The Bertz CT molecular complexity index is 956. The molecule has 3 N–H and O–H groups in total. The summed E-state index contributed by atoms with van der Waals surface area (Å²) < 4.78 is 11.3. The molecule has 132 valence electrons. The van der Waals surface area contributed by atoms with Crippen molar-refractivity contribution in [3.8, 4) is 11.5 Å². The summed E-state index contributed by atoms with van der Waals surface area (Å²) in [5, 5.41) is 4.80. The van der Waals surface area contributed by atoms with Crippen molar-refractivity contribution in [1.29, 1.82) is 0 Å². The maximum Gasteiger partial charge on any atom is 0.332 e. The minimum absolute atomic E-state index is 0.312. The molecule has 0 unspecified atom stereocenters. The lowest BCUT2D eigenvalue weighted by Crippen LogP contribution is -2.24. The highest BCUT2D eigenvalue weighted by molar-refractivity contribution is 5.82. The van der Waals surface area contributed by atoms with Crippen LogP contribution in [0.4, 0.5) is 4.79 Å². The van der Waals surface area contributed by atoms with Gasteiger partial charge in [-0.25, -0.2) is 10.2 Å². The Morgan fingerprint density at radius 2 is 2.15 bits per heavy atom. The van der Waals surface area contributed by atoms with Crippen molar-refractivity contribution in [2.45, 2.75) is 6.61 Å². The molecular formula is C19H18N4O3. The number of nitrogens with two attached hydrogens (primary N) is 1. The number of primary amides is 1. The van der Waals surface area contributed by atoms with Gasteiger partial charge in [-0.2, -0.15) is 5.10 Å². The van der Waals surface area contributed by atoms with E-state index in [9.17, 15) is 4.79 Å². The summed E-state index contributed by atoms with van der Waals surface area (Å²) in [6.07, 6.45) is 3.24. The Labute approximate surface area is 150 Å². The average molecular weight is 350 g/mol. The van der Waals surface area contributed by atoms with E-state index in [0.717, 1.165) is 22.0 Å². The molecule has 0 aliphatic rings. The van der Waals surface area contributed by atoms with Crippen molar-refractivity contribution in [3.63, 3.8) is 0 Å². The van der Waals surface area contributed by atoms with Crippen molar-refractivity contribution in [2.24, 2.45) is 10.8 Å². The van der Waals surface area contributed by atoms with Crippen LogP contribution in [0.25, 0.3) is 10.9 Å². The van der Waals surface area contributed by atoms with Gasteiger partial charge in [-0.15, -0.1) is 0 Å². The molecule has 7 heteroatoms. The van der Waals surface area contributed by atoms with Gasteiger partial charge in [0.2, 0.25) is 0 Å². The van der Waals surface area contributed by atoms with Crippen molar-refractivity contribution < 1.29 is 14.3 Å². The van der Waals surface area contributed by atoms with Gasteiger partial charge >= 0.3 is 6.03 Å². The Kier molecular flexibility index (Phi) is 5.28. The van der Waals surface area contributed by atoms with E-state index in [1.807, 2.05) is 48.5 Å². The van der Waals surface area contributed by atoms with Crippen LogP contribution in [-0.4, -0.2) is 24.3 Å². The molecule has 2 aromatic carbocycles. The van der Waals surface area contributed by atoms with Crippen LogP contribution in [0, 0.1) is 0 Å². The number of benzene rings is 2. The number of amides is 2. The fraction of sp³-hybridized carbons (Fsp3) is 0.105. The molecule has 3 rings (SSSR count). The number of hydrogen-bond acceptors (Lipinski definition) is 5. The third kappa shape index (κ3) is 4.27. The number of carbonyl (C=O) groups is 1. The molecule has 1 aromatic heterocycles. The van der Waals surface area contributed by atoms with Gasteiger partial charge in [0.1, 0.15) is 18.1 Å². The molecule has 1 heterocycles. The molecule has 0 bridgehead atoms. The van der Waals surface area contributed by atoms with Gasteiger partial charge in [0.05, 0.1) is 18.8 Å². The lowest BCUT2D eigenvalue weighted by Gasteiger charge is -2.11. The van der Waals surface area contributed by atoms with Crippen LogP contribution in [-0.2, 0) is 6.61 Å². The largest absolute Gasteiger partial charge is 0.496 e. The average Bonchev–Trinajstić information content (AvgIpc) is 2.66. The van der Waals surface area contributed by atoms with Gasteiger partial charge in [-0.05, 0) is 42.0 Å². The summed E-state index contributed by atoms with van der Waals surface area (Å²) in [6.45, 7) is 0.312. The van der Waals surface area contributed by atoms with Gasteiger partial charge in [-0.3, -0.25) is 4.98 Å². The summed E-state index contributed by atoms with van der Waals surface area (Å²) >= 11 is 0. The van der Waals surface area contributed by atoms with Gasteiger partial charge in [0.25, 0.3) is 0 Å². The first-order valence-electron chi connectivity index (χ1n) is 7.89. The number of methoxy groups -OCH3 is 1. The maximum atomic E-state index is 10.7. The zero-order chi connectivity index (χ0) is 18.4. The zero-order valence-corrected chi connectivity index (χ0v) is 14.2. The second-order valence-electron chi connectivity index (χ2n) is 5.45. The molecule has 26 heavy (non-hydrogen) atoms. The highest BCUT2D eigenvalue weighted by atomic mass is 16.5. The van der Waals surface area contributed by atoms with Gasteiger partial charge < -0.3 is 15.2 Å². The second kappa shape index (κ2) is 7.98. The summed E-state index contributed by atoms with van der Waals surface area (Å²) in [5.41, 5.74) is 9.62. The monoisotopic (exact) mass is 350 g/mol. The van der Waals surface area contributed by atoms with E-state index in [1.54, 1.807) is 13.3 Å². The van der Waals surface area contributed by atoms with Crippen LogP contribution in [0.1, 0.15) is 11.1 Å². The van der Waals surface area contributed by atoms with E-state index in [-0.39, 0.29) is 0 Å². The van der Waals surface area contributed by atoms with Crippen LogP contribution in [0.3, 0.4) is 0 Å². The predicted molar refractivity (Wildman–Crippen MR) is 99.4 cm³/mol. The topological polar surface area (TPSA) is 98.8 Å². The maximum absolute atomic E-state index is 10.7. The van der Waals surface area contributed by atoms with Crippen LogP contribution in [0.15, 0.2) is 59.8 Å². The molecule has 2 amide bonds. The number of aromatic nitrogens is 1.